The van der Waals surface area contributed by atoms with E-state index in [2.05, 4.69) is 20.2 Å². The predicted molar refractivity (Wildman–Crippen MR) is 64.0 cm³/mol. The summed E-state index contributed by atoms with van der Waals surface area (Å²) in [5.41, 5.74) is 0.986. The zero-order valence-corrected chi connectivity index (χ0v) is 9.86. The minimum atomic E-state index is 0.681. The smallest absolute Gasteiger partial charge is 0.224 e. The molecule has 0 aromatic carbocycles. The zero-order chi connectivity index (χ0) is 11.4. The second-order valence-electron chi connectivity index (χ2n) is 3.89. The molecule has 0 unspecified atom stereocenters. The molecule has 0 radical (unpaired) electrons. The van der Waals surface area contributed by atoms with Crippen LogP contribution in [0.2, 0.25) is 0 Å². The first-order valence-corrected chi connectivity index (χ1v) is 5.66. The van der Waals surface area contributed by atoms with Gasteiger partial charge in [0.25, 0.3) is 0 Å². The van der Waals surface area contributed by atoms with Crippen LogP contribution in [0, 0.1) is 6.92 Å². The number of ether oxygens (including phenoxy) is 1. The van der Waals surface area contributed by atoms with E-state index in [1.165, 1.54) is 0 Å². The molecule has 0 amide bonds. The average molecular weight is 222 g/mol. The fourth-order valence-corrected chi connectivity index (χ4v) is 1.80. The first kappa shape index (κ1) is 11.1. The van der Waals surface area contributed by atoms with Crippen LogP contribution in [0.5, 0.6) is 0 Å². The van der Waals surface area contributed by atoms with Crippen LogP contribution in [0.3, 0.4) is 0 Å². The maximum Gasteiger partial charge on any atom is 0.224 e. The molecule has 5 nitrogen and oxygen atoms in total. The van der Waals surface area contributed by atoms with Crippen molar-refractivity contribution in [3.8, 4) is 0 Å². The Bertz CT molecular complexity index is 348. The molecule has 5 heteroatoms. The summed E-state index contributed by atoms with van der Waals surface area (Å²) in [4.78, 5) is 11.0. The van der Waals surface area contributed by atoms with Crippen molar-refractivity contribution in [2.75, 3.05) is 43.6 Å². The van der Waals surface area contributed by atoms with Crippen LogP contribution in [0.15, 0.2) is 6.07 Å². The fraction of sp³-hybridized carbons (Fsp3) is 0.636. The van der Waals surface area contributed by atoms with Crippen LogP contribution in [0.1, 0.15) is 12.1 Å². The normalized spacial score (nSPS) is 17.0. The predicted octanol–water partition coefficient (Wildman–Crippen LogP) is 1.05. The first-order valence-electron chi connectivity index (χ1n) is 5.66. The van der Waals surface area contributed by atoms with E-state index >= 15 is 0 Å². The summed E-state index contributed by atoms with van der Waals surface area (Å²) in [6.45, 7) is 5.51. The summed E-state index contributed by atoms with van der Waals surface area (Å²) >= 11 is 0. The fourth-order valence-electron chi connectivity index (χ4n) is 1.80. The standard InChI is InChI=1S/C11H18N4O/c1-9-8-10(14-11(12-2)13-9)15-4-3-6-16-7-5-15/h8H,3-7H2,1-2H3,(H,12,13,14). The van der Waals surface area contributed by atoms with Gasteiger partial charge in [-0.25, -0.2) is 4.98 Å². The summed E-state index contributed by atoms with van der Waals surface area (Å²) < 4.78 is 5.43. The van der Waals surface area contributed by atoms with E-state index in [4.69, 9.17) is 4.74 Å². The topological polar surface area (TPSA) is 50.3 Å². The van der Waals surface area contributed by atoms with Gasteiger partial charge in [-0.15, -0.1) is 0 Å². The number of nitrogens with zero attached hydrogens (tertiary/aromatic N) is 3. The van der Waals surface area contributed by atoms with Gasteiger partial charge in [0.2, 0.25) is 5.95 Å². The molecule has 88 valence electrons. The van der Waals surface area contributed by atoms with Gasteiger partial charge in [-0.3, -0.25) is 0 Å². The number of aromatic nitrogens is 2. The largest absolute Gasteiger partial charge is 0.380 e. The molecule has 1 aliphatic rings. The lowest BCUT2D eigenvalue weighted by atomic mass is 10.3. The molecule has 0 bridgehead atoms. The summed E-state index contributed by atoms with van der Waals surface area (Å²) in [7, 11) is 1.84. The molecule has 16 heavy (non-hydrogen) atoms. The van der Waals surface area contributed by atoms with Gasteiger partial charge < -0.3 is 15.0 Å². The number of nitrogens with one attached hydrogen (secondary N) is 1. The third-order valence-corrected chi connectivity index (χ3v) is 2.61. The number of anilines is 2. The average Bonchev–Trinajstić information content (AvgIpc) is 2.56. The summed E-state index contributed by atoms with van der Waals surface area (Å²) in [5, 5.41) is 2.98. The van der Waals surface area contributed by atoms with E-state index < -0.39 is 0 Å². The molecule has 0 atom stereocenters. The number of hydrogen-bond acceptors (Lipinski definition) is 5. The van der Waals surface area contributed by atoms with Crippen molar-refractivity contribution in [3.05, 3.63) is 11.8 Å². The van der Waals surface area contributed by atoms with Gasteiger partial charge in [-0.05, 0) is 13.3 Å². The molecule has 1 aliphatic heterocycles. The Morgan fingerprint density at radius 3 is 3.00 bits per heavy atom. The van der Waals surface area contributed by atoms with Gasteiger partial charge in [-0.2, -0.15) is 4.98 Å². The van der Waals surface area contributed by atoms with Gasteiger partial charge in [0, 0.05) is 38.5 Å². The summed E-state index contributed by atoms with van der Waals surface area (Å²) in [6.07, 6.45) is 1.05. The first-order chi connectivity index (χ1) is 7.79. The summed E-state index contributed by atoms with van der Waals surface area (Å²) in [5.74, 6) is 1.67. The molecular weight excluding hydrogens is 204 g/mol. The SMILES string of the molecule is CNc1nc(C)cc(N2CCCOCC2)n1. The highest BCUT2D eigenvalue weighted by atomic mass is 16.5. The maximum atomic E-state index is 5.43. The van der Waals surface area contributed by atoms with Crippen LogP contribution in [0.4, 0.5) is 11.8 Å². The van der Waals surface area contributed by atoms with Gasteiger partial charge in [0.05, 0.1) is 6.61 Å². The molecule has 1 N–H and O–H groups in total. The number of aryl methyl sites for hydroxylation is 1. The molecule has 1 fully saturated rings. The second kappa shape index (κ2) is 5.12. The van der Waals surface area contributed by atoms with Gasteiger partial charge in [0.1, 0.15) is 5.82 Å². The van der Waals surface area contributed by atoms with Crippen LogP contribution in [-0.2, 0) is 4.74 Å². The molecular formula is C11H18N4O. The Hall–Kier alpha value is -1.36. The van der Waals surface area contributed by atoms with Gasteiger partial charge in [-0.1, -0.05) is 0 Å². The monoisotopic (exact) mass is 222 g/mol. The lowest BCUT2D eigenvalue weighted by molar-refractivity contribution is 0.152. The van der Waals surface area contributed by atoms with Crippen molar-refractivity contribution in [1.29, 1.82) is 0 Å². The minimum absolute atomic E-state index is 0.681. The Labute approximate surface area is 95.8 Å². The molecule has 2 rings (SSSR count). The number of hydrogen-bond donors (Lipinski definition) is 1. The highest BCUT2D eigenvalue weighted by molar-refractivity contribution is 5.44. The molecule has 2 heterocycles. The molecule has 1 aromatic rings. The zero-order valence-electron chi connectivity index (χ0n) is 9.86. The minimum Gasteiger partial charge on any atom is -0.380 e. The maximum absolute atomic E-state index is 5.43. The molecule has 0 aliphatic carbocycles. The summed E-state index contributed by atoms with van der Waals surface area (Å²) in [6, 6.07) is 2.02. The van der Waals surface area contributed by atoms with Crippen LogP contribution in [-0.4, -0.2) is 43.3 Å². The van der Waals surface area contributed by atoms with Crippen molar-refractivity contribution < 1.29 is 4.74 Å². The van der Waals surface area contributed by atoms with Crippen molar-refractivity contribution in [2.45, 2.75) is 13.3 Å². The molecule has 0 saturated carbocycles. The van der Waals surface area contributed by atoms with Crippen LogP contribution in [0.25, 0.3) is 0 Å². The Morgan fingerprint density at radius 1 is 1.31 bits per heavy atom. The lowest BCUT2D eigenvalue weighted by Gasteiger charge is -2.21. The van der Waals surface area contributed by atoms with E-state index in [0.717, 1.165) is 44.2 Å². The van der Waals surface area contributed by atoms with E-state index in [1.807, 2.05) is 20.0 Å². The third kappa shape index (κ3) is 2.61. The van der Waals surface area contributed by atoms with E-state index in [-0.39, 0.29) is 0 Å². The molecule has 1 saturated heterocycles. The quantitative estimate of drug-likeness (QED) is 0.810. The van der Waals surface area contributed by atoms with Crippen LogP contribution >= 0.6 is 0 Å². The highest BCUT2D eigenvalue weighted by Gasteiger charge is 2.12. The van der Waals surface area contributed by atoms with Crippen molar-refractivity contribution in [1.82, 2.24) is 9.97 Å². The van der Waals surface area contributed by atoms with Crippen molar-refractivity contribution in [2.24, 2.45) is 0 Å². The van der Waals surface area contributed by atoms with Gasteiger partial charge >= 0.3 is 0 Å². The van der Waals surface area contributed by atoms with Crippen LogP contribution < -0.4 is 10.2 Å². The Morgan fingerprint density at radius 2 is 2.19 bits per heavy atom. The van der Waals surface area contributed by atoms with Gasteiger partial charge in [0.15, 0.2) is 0 Å². The molecule has 0 spiro atoms. The Balaban J connectivity index is 2.20. The van der Waals surface area contributed by atoms with E-state index in [9.17, 15) is 0 Å². The lowest BCUT2D eigenvalue weighted by Crippen LogP contribution is -2.27. The third-order valence-electron chi connectivity index (χ3n) is 2.61. The molecule has 1 aromatic heterocycles. The van der Waals surface area contributed by atoms with Crippen molar-refractivity contribution in [3.63, 3.8) is 0 Å². The van der Waals surface area contributed by atoms with Crippen molar-refractivity contribution >= 4 is 11.8 Å². The highest BCUT2D eigenvalue weighted by Crippen LogP contribution is 2.16. The van der Waals surface area contributed by atoms with E-state index in [1.54, 1.807) is 0 Å². The number of rotatable bonds is 2. The Kier molecular flexibility index (Phi) is 3.56. The van der Waals surface area contributed by atoms with E-state index in [0.29, 0.717) is 5.95 Å². The second-order valence-corrected chi connectivity index (χ2v) is 3.89.